The molecule has 2 N–H and O–H groups in total. The molecule has 196 valence electrons. The third-order valence-corrected chi connectivity index (χ3v) is 6.11. The van der Waals surface area contributed by atoms with E-state index in [-0.39, 0.29) is 11.5 Å². The lowest BCUT2D eigenvalue weighted by Gasteiger charge is -2.13. The molecule has 0 unspecified atom stereocenters. The van der Waals surface area contributed by atoms with Crippen LogP contribution < -0.4 is 14.2 Å². The summed E-state index contributed by atoms with van der Waals surface area (Å²) in [6, 6.07) is 9.94. The Hall–Kier alpha value is -2.56. The fourth-order valence-corrected chi connectivity index (χ4v) is 3.97. The number of hydrogen-bond acceptors (Lipinski definition) is 5. The predicted molar refractivity (Wildman–Crippen MR) is 143 cm³/mol. The topological polar surface area (TPSA) is 68.2 Å². The first kappa shape index (κ1) is 28.7. The number of phenols is 2. The van der Waals surface area contributed by atoms with Crippen molar-refractivity contribution in [3.8, 4) is 34.5 Å². The molecular weight excluding hydrogens is 440 g/mol. The van der Waals surface area contributed by atoms with E-state index in [2.05, 4.69) is 13.8 Å². The number of aromatic hydroxyl groups is 2. The van der Waals surface area contributed by atoms with Gasteiger partial charge >= 0.3 is 0 Å². The third-order valence-electron chi connectivity index (χ3n) is 6.11. The van der Waals surface area contributed by atoms with E-state index in [1.165, 1.54) is 64.2 Å². The van der Waals surface area contributed by atoms with Crippen molar-refractivity contribution >= 4 is 0 Å². The lowest BCUT2D eigenvalue weighted by atomic mass is 10.1. The Morgan fingerprint density at radius 2 is 0.886 bits per heavy atom. The van der Waals surface area contributed by atoms with Gasteiger partial charge in [-0.2, -0.15) is 0 Å². The summed E-state index contributed by atoms with van der Waals surface area (Å²) in [5.74, 6) is 2.15. The van der Waals surface area contributed by atoms with Crippen LogP contribution in [0.5, 0.6) is 34.5 Å². The Morgan fingerprint density at radius 3 is 1.29 bits per heavy atom. The van der Waals surface area contributed by atoms with Crippen LogP contribution in [0.4, 0.5) is 0 Å². The maximum absolute atomic E-state index is 10.1. The van der Waals surface area contributed by atoms with Gasteiger partial charge in [0, 0.05) is 12.1 Å². The van der Waals surface area contributed by atoms with Crippen LogP contribution in [0, 0.1) is 0 Å². The highest BCUT2D eigenvalue weighted by atomic mass is 16.5. The van der Waals surface area contributed by atoms with Crippen molar-refractivity contribution in [2.24, 2.45) is 0 Å². The van der Waals surface area contributed by atoms with Crippen LogP contribution in [0.3, 0.4) is 0 Å². The van der Waals surface area contributed by atoms with Crippen molar-refractivity contribution in [3.05, 3.63) is 36.4 Å². The van der Waals surface area contributed by atoms with Crippen molar-refractivity contribution in [1.82, 2.24) is 0 Å². The summed E-state index contributed by atoms with van der Waals surface area (Å²) in [4.78, 5) is 0. The Bertz CT molecular complexity index is 753. The normalized spacial score (nSPS) is 10.9. The number of benzene rings is 2. The minimum Gasteiger partial charge on any atom is -0.504 e. The van der Waals surface area contributed by atoms with Gasteiger partial charge in [-0.15, -0.1) is 0 Å². The van der Waals surface area contributed by atoms with E-state index in [1.807, 2.05) is 0 Å². The quantitative estimate of drug-likeness (QED) is 0.183. The summed E-state index contributed by atoms with van der Waals surface area (Å²) >= 11 is 0. The van der Waals surface area contributed by atoms with E-state index >= 15 is 0 Å². The maximum Gasteiger partial charge on any atom is 0.164 e. The number of rotatable bonds is 20. The standard InChI is InChI=1S/C30H46O5/c1-3-5-7-9-11-13-15-21-33-29-23-25(17-19-27(29)31)35-26-18-20-28(32)30(24-26)34-22-16-14-12-10-8-6-4-2/h17-20,23-24,31-32H,3-16,21-22H2,1-2H3. The fraction of sp³-hybridized carbons (Fsp3) is 0.600. The smallest absolute Gasteiger partial charge is 0.164 e. The van der Waals surface area contributed by atoms with Crippen LogP contribution in [-0.2, 0) is 0 Å². The molecule has 0 atom stereocenters. The zero-order chi connectivity index (χ0) is 25.1. The maximum atomic E-state index is 10.1. The summed E-state index contributed by atoms with van der Waals surface area (Å²) < 4.78 is 17.5. The molecule has 0 aliphatic heterocycles. The summed E-state index contributed by atoms with van der Waals surface area (Å²) in [7, 11) is 0. The number of phenolic OH excluding ortho intramolecular Hbond substituents is 2. The molecule has 0 saturated heterocycles. The SMILES string of the molecule is CCCCCCCCCOc1cc(Oc2ccc(O)c(OCCCCCCCCC)c2)ccc1O. The highest BCUT2D eigenvalue weighted by Gasteiger charge is 2.09. The van der Waals surface area contributed by atoms with Crippen molar-refractivity contribution < 1.29 is 24.4 Å². The first-order valence-electron chi connectivity index (χ1n) is 13.7. The second kappa shape index (κ2) is 17.8. The van der Waals surface area contributed by atoms with Crippen LogP contribution in [0.2, 0.25) is 0 Å². The lowest BCUT2D eigenvalue weighted by molar-refractivity contribution is 0.285. The van der Waals surface area contributed by atoms with Crippen molar-refractivity contribution in [2.75, 3.05) is 13.2 Å². The Kier molecular flexibility index (Phi) is 14.6. The number of unbranched alkanes of at least 4 members (excludes halogenated alkanes) is 12. The summed E-state index contributed by atoms with van der Waals surface area (Å²) in [5.41, 5.74) is 0. The van der Waals surface area contributed by atoms with Crippen LogP contribution in [0.1, 0.15) is 104 Å². The fourth-order valence-electron chi connectivity index (χ4n) is 3.97. The summed E-state index contributed by atoms with van der Waals surface area (Å²) in [6.07, 6.45) is 17.0. The van der Waals surface area contributed by atoms with Crippen LogP contribution in [0.25, 0.3) is 0 Å². The Labute approximate surface area is 212 Å². The molecule has 0 heterocycles. The molecule has 0 aliphatic rings. The second-order valence-electron chi connectivity index (χ2n) is 9.30. The van der Waals surface area contributed by atoms with Gasteiger partial charge in [-0.1, -0.05) is 90.9 Å². The van der Waals surface area contributed by atoms with E-state index < -0.39 is 0 Å². The van der Waals surface area contributed by atoms with E-state index in [9.17, 15) is 10.2 Å². The van der Waals surface area contributed by atoms with Crippen LogP contribution in [0.15, 0.2) is 36.4 Å². The number of hydrogen-bond donors (Lipinski definition) is 2. The van der Waals surface area contributed by atoms with Gasteiger partial charge in [-0.25, -0.2) is 0 Å². The molecule has 2 aromatic carbocycles. The van der Waals surface area contributed by atoms with E-state index in [4.69, 9.17) is 14.2 Å². The average Bonchev–Trinajstić information content (AvgIpc) is 2.86. The second-order valence-corrected chi connectivity index (χ2v) is 9.30. The molecule has 35 heavy (non-hydrogen) atoms. The van der Waals surface area contributed by atoms with Gasteiger partial charge < -0.3 is 24.4 Å². The minimum absolute atomic E-state index is 0.102. The van der Waals surface area contributed by atoms with Gasteiger partial charge in [0.2, 0.25) is 0 Å². The largest absolute Gasteiger partial charge is 0.504 e. The van der Waals surface area contributed by atoms with E-state index in [0.717, 1.165) is 25.7 Å². The molecule has 5 heteroatoms. The summed E-state index contributed by atoms with van der Waals surface area (Å²) in [6.45, 7) is 5.59. The van der Waals surface area contributed by atoms with Gasteiger partial charge in [-0.05, 0) is 37.1 Å². The predicted octanol–water partition coefficient (Wildman–Crippen LogP) is 9.15. The average molecular weight is 487 g/mol. The highest BCUT2D eigenvalue weighted by Crippen LogP contribution is 2.36. The zero-order valence-corrected chi connectivity index (χ0v) is 21.9. The van der Waals surface area contributed by atoms with Crippen molar-refractivity contribution in [2.45, 2.75) is 104 Å². The van der Waals surface area contributed by atoms with E-state index in [0.29, 0.717) is 36.2 Å². The molecule has 0 bridgehead atoms. The van der Waals surface area contributed by atoms with Gasteiger partial charge in [0.25, 0.3) is 0 Å². The van der Waals surface area contributed by atoms with Crippen LogP contribution in [-0.4, -0.2) is 23.4 Å². The van der Waals surface area contributed by atoms with Gasteiger partial charge in [0.05, 0.1) is 13.2 Å². The molecule has 0 spiro atoms. The summed E-state index contributed by atoms with van der Waals surface area (Å²) in [5, 5.41) is 20.3. The molecule has 0 fully saturated rings. The molecule has 5 nitrogen and oxygen atoms in total. The van der Waals surface area contributed by atoms with Crippen molar-refractivity contribution in [1.29, 1.82) is 0 Å². The highest BCUT2D eigenvalue weighted by molar-refractivity contribution is 5.48. The first-order valence-corrected chi connectivity index (χ1v) is 13.7. The van der Waals surface area contributed by atoms with Gasteiger partial charge in [0.1, 0.15) is 11.5 Å². The molecule has 2 rings (SSSR count). The van der Waals surface area contributed by atoms with Crippen LogP contribution >= 0.6 is 0 Å². The van der Waals surface area contributed by atoms with Gasteiger partial charge in [-0.3, -0.25) is 0 Å². The monoisotopic (exact) mass is 486 g/mol. The minimum atomic E-state index is 0.102. The third kappa shape index (κ3) is 12.1. The first-order chi connectivity index (χ1) is 17.1. The molecule has 0 aromatic heterocycles. The molecule has 0 saturated carbocycles. The number of ether oxygens (including phenoxy) is 3. The molecular formula is C30H46O5. The molecule has 0 aliphatic carbocycles. The van der Waals surface area contributed by atoms with Crippen molar-refractivity contribution in [3.63, 3.8) is 0 Å². The molecule has 2 aromatic rings. The molecule has 0 radical (unpaired) electrons. The lowest BCUT2D eigenvalue weighted by Crippen LogP contribution is -1.99. The molecule has 0 amide bonds. The Balaban J connectivity index is 1.78. The van der Waals surface area contributed by atoms with Gasteiger partial charge in [0.15, 0.2) is 23.0 Å². The zero-order valence-electron chi connectivity index (χ0n) is 21.9. The van der Waals surface area contributed by atoms with E-state index in [1.54, 1.807) is 36.4 Å². The Morgan fingerprint density at radius 1 is 0.514 bits per heavy atom.